The van der Waals surface area contributed by atoms with E-state index in [-0.39, 0.29) is 6.03 Å². The third-order valence-corrected chi connectivity index (χ3v) is 2.77. The summed E-state index contributed by atoms with van der Waals surface area (Å²) in [6, 6.07) is 3.09. The summed E-state index contributed by atoms with van der Waals surface area (Å²) in [5.41, 5.74) is 6.72. The van der Waals surface area contributed by atoms with E-state index in [2.05, 4.69) is 10.6 Å². The zero-order chi connectivity index (χ0) is 13.7. The minimum absolute atomic E-state index is 0.147. The Morgan fingerprint density at radius 1 is 1.28 bits per heavy atom. The molecule has 1 aromatic carbocycles. The van der Waals surface area contributed by atoms with Gasteiger partial charge in [-0.1, -0.05) is 23.2 Å². The second kappa shape index (κ2) is 6.56. The second-order valence-corrected chi connectivity index (χ2v) is 4.73. The molecule has 0 aliphatic carbocycles. The van der Waals surface area contributed by atoms with Crippen molar-refractivity contribution in [1.82, 2.24) is 10.2 Å². The van der Waals surface area contributed by atoms with Crippen molar-refractivity contribution in [2.75, 3.05) is 38.2 Å². The van der Waals surface area contributed by atoms with Gasteiger partial charge >= 0.3 is 6.03 Å². The summed E-state index contributed by atoms with van der Waals surface area (Å²) in [6.07, 6.45) is 0. The van der Waals surface area contributed by atoms with Crippen LogP contribution in [-0.2, 0) is 0 Å². The summed E-state index contributed by atoms with van der Waals surface area (Å²) in [4.78, 5) is 12.7. The molecule has 0 saturated carbocycles. The lowest BCUT2D eigenvalue weighted by Gasteiger charge is -2.14. The number of nitrogen functional groups attached to an aromatic ring is 1. The van der Waals surface area contributed by atoms with Gasteiger partial charge in [0.15, 0.2) is 0 Å². The first kappa shape index (κ1) is 14.7. The van der Waals surface area contributed by atoms with E-state index in [1.54, 1.807) is 26.2 Å². The number of hydrogen-bond acceptors (Lipinski definition) is 3. The van der Waals surface area contributed by atoms with E-state index in [0.29, 0.717) is 34.5 Å². The molecule has 0 fully saturated rings. The van der Waals surface area contributed by atoms with Gasteiger partial charge in [0.2, 0.25) is 0 Å². The van der Waals surface area contributed by atoms with Crippen molar-refractivity contribution in [1.29, 1.82) is 0 Å². The molecule has 4 N–H and O–H groups in total. The molecule has 0 aliphatic rings. The molecule has 5 nitrogen and oxygen atoms in total. The summed E-state index contributed by atoms with van der Waals surface area (Å²) in [5, 5.41) is 6.68. The van der Waals surface area contributed by atoms with Crippen molar-refractivity contribution in [3.8, 4) is 0 Å². The Morgan fingerprint density at radius 2 is 1.83 bits per heavy atom. The first-order valence-electron chi connectivity index (χ1n) is 5.35. The monoisotopic (exact) mass is 290 g/mol. The Morgan fingerprint density at radius 3 is 2.33 bits per heavy atom. The maximum absolute atomic E-state index is 11.3. The first-order chi connectivity index (χ1) is 8.41. The van der Waals surface area contributed by atoms with Gasteiger partial charge in [0.05, 0.1) is 15.7 Å². The first-order valence-corrected chi connectivity index (χ1v) is 6.11. The molecular weight excluding hydrogens is 275 g/mol. The minimum atomic E-state index is -0.147. The van der Waals surface area contributed by atoms with Crippen molar-refractivity contribution < 1.29 is 4.79 Å². The summed E-state index contributed by atoms with van der Waals surface area (Å²) in [7, 11) is 3.35. The van der Waals surface area contributed by atoms with Gasteiger partial charge in [-0.2, -0.15) is 0 Å². The Labute approximate surface area is 116 Å². The quantitative estimate of drug-likeness (QED) is 0.588. The fourth-order valence-electron chi connectivity index (χ4n) is 1.28. The van der Waals surface area contributed by atoms with E-state index in [4.69, 9.17) is 28.9 Å². The molecular formula is C11H16Cl2N4O. The normalized spacial score (nSPS) is 10.0. The predicted molar refractivity (Wildman–Crippen MR) is 76.4 cm³/mol. The number of anilines is 2. The fraction of sp³-hybridized carbons (Fsp3) is 0.364. The molecule has 0 spiro atoms. The smallest absolute Gasteiger partial charge is 0.316 e. The number of benzene rings is 1. The van der Waals surface area contributed by atoms with Crippen LogP contribution < -0.4 is 16.4 Å². The summed E-state index contributed by atoms with van der Waals surface area (Å²) in [5.74, 6) is 0. The number of nitrogens with zero attached hydrogens (tertiary/aromatic N) is 1. The SMILES string of the molecule is CN(C)C(=O)NCCNc1c(Cl)cc(N)cc1Cl. The van der Waals surface area contributed by atoms with E-state index in [1.165, 1.54) is 4.90 Å². The lowest BCUT2D eigenvalue weighted by atomic mass is 10.3. The predicted octanol–water partition coefficient (Wildman–Crippen LogP) is 2.26. The average molecular weight is 291 g/mol. The molecule has 1 aromatic rings. The molecule has 7 heteroatoms. The van der Waals surface area contributed by atoms with Gasteiger partial charge in [-0.15, -0.1) is 0 Å². The van der Waals surface area contributed by atoms with Gasteiger partial charge in [0.1, 0.15) is 0 Å². The van der Waals surface area contributed by atoms with Gasteiger partial charge in [0, 0.05) is 32.9 Å². The summed E-state index contributed by atoms with van der Waals surface area (Å²) >= 11 is 12.0. The van der Waals surface area contributed by atoms with Crippen molar-refractivity contribution >= 4 is 40.6 Å². The van der Waals surface area contributed by atoms with Crippen LogP contribution in [0.1, 0.15) is 0 Å². The van der Waals surface area contributed by atoms with Crippen LogP contribution >= 0.6 is 23.2 Å². The van der Waals surface area contributed by atoms with Crippen molar-refractivity contribution in [3.63, 3.8) is 0 Å². The molecule has 0 atom stereocenters. The highest BCUT2D eigenvalue weighted by Gasteiger charge is 2.07. The number of carbonyl (C=O) groups excluding carboxylic acids is 1. The third-order valence-electron chi connectivity index (χ3n) is 2.17. The molecule has 0 aromatic heterocycles. The molecule has 0 bridgehead atoms. The summed E-state index contributed by atoms with van der Waals surface area (Å²) in [6.45, 7) is 0.983. The zero-order valence-electron chi connectivity index (χ0n) is 10.3. The molecule has 0 unspecified atom stereocenters. The zero-order valence-corrected chi connectivity index (χ0v) is 11.8. The number of nitrogens with two attached hydrogens (primary N) is 1. The van der Waals surface area contributed by atoms with Gasteiger partial charge < -0.3 is 21.3 Å². The van der Waals surface area contributed by atoms with E-state index in [0.717, 1.165) is 0 Å². The number of carbonyl (C=O) groups is 1. The highest BCUT2D eigenvalue weighted by atomic mass is 35.5. The highest BCUT2D eigenvalue weighted by molar-refractivity contribution is 6.39. The van der Waals surface area contributed by atoms with Crippen LogP contribution in [0, 0.1) is 0 Å². The lowest BCUT2D eigenvalue weighted by Crippen LogP contribution is -2.37. The van der Waals surface area contributed by atoms with Crippen LogP contribution in [0.3, 0.4) is 0 Å². The minimum Gasteiger partial charge on any atom is -0.399 e. The maximum atomic E-state index is 11.3. The van der Waals surface area contributed by atoms with Crippen molar-refractivity contribution in [2.45, 2.75) is 0 Å². The number of rotatable bonds is 4. The molecule has 0 saturated heterocycles. The molecule has 1 rings (SSSR count). The molecule has 0 aliphatic heterocycles. The molecule has 2 amide bonds. The number of urea groups is 1. The topological polar surface area (TPSA) is 70.4 Å². The number of halogens is 2. The van der Waals surface area contributed by atoms with Crippen LogP contribution in [-0.4, -0.2) is 38.1 Å². The number of nitrogens with one attached hydrogen (secondary N) is 2. The van der Waals surface area contributed by atoms with Crippen LogP contribution in [0.4, 0.5) is 16.2 Å². The highest BCUT2D eigenvalue weighted by Crippen LogP contribution is 2.32. The van der Waals surface area contributed by atoms with Gasteiger partial charge in [-0.3, -0.25) is 0 Å². The van der Waals surface area contributed by atoms with Gasteiger partial charge in [-0.25, -0.2) is 4.79 Å². The van der Waals surface area contributed by atoms with E-state index >= 15 is 0 Å². The fourth-order valence-corrected chi connectivity index (χ4v) is 1.91. The second-order valence-electron chi connectivity index (χ2n) is 3.91. The van der Waals surface area contributed by atoms with E-state index < -0.39 is 0 Å². The standard InChI is InChI=1S/C11H16Cl2N4O/c1-17(2)11(18)16-4-3-15-10-8(12)5-7(14)6-9(10)13/h5-6,15H,3-4,14H2,1-2H3,(H,16,18). The molecule has 100 valence electrons. The Hall–Kier alpha value is -1.33. The van der Waals surface area contributed by atoms with Crippen LogP contribution in [0.5, 0.6) is 0 Å². The maximum Gasteiger partial charge on any atom is 0.316 e. The van der Waals surface area contributed by atoms with Crippen molar-refractivity contribution in [2.24, 2.45) is 0 Å². The van der Waals surface area contributed by atoms with Gasteiger partial charge in [-0.05, 0) is 12.1 Å². The number of hydrogen-bond donors (Lipinski definition) is 3. The third kappa shape index (κ3) is 4.16. The number of amides is 2. The lowest BCUT2D eigenvalue weighted by molar-refractivity contribution is 0.218. The summed E-state index contributed by atoms with van der Waals surface area (Å²) < 4.78 is 0. The largest absolute Gasteiger partial charge is 0.399 e. The van der Waals surface area contributed by atoms with Crippen LogP contribution in [0.25, 0.3) is 0 Å². The van der Waals surface area contributed by atoms with Crippen molar-refractivity contribution in [3.05, 3.63) is 22.2 Å². The van der Waals surface area contributed by atoms with Gasteiger partial charge in [0.25, 0.3) is 0 Å². The van der Waals surface area contributed by atoms with Crippen LogP contribution in [0.2, 0.25) is 10.0 Å². The average Bonchev–Trinajstić information content (AvgIpc) is 2.26. The Bertz CT molecular complexity index is 414. The Balaban J connectivity index is 2.47. The Kier molecular flexibility index (Phi) is 5.37. The molecule has 18 heavy (non-hydrogen) atoms. The molecule has 0 heterocycles. The van der Waals surface area contributed by atoms with E-state index in [9.17, 15) is 4.79 Å². The van der Waals surface area contributed by atoms with Crippen LogP contribution in [0.15, 0.2) is 12.1 Å². The molecule has 0 radical (unpaired) electrons. The van der Waals surface area contributed by atoms with E-state index in [1.807, 2.05) is 0 Å².